The molecule has 0 spiro atoms. The van der Waals surface area contributed by atoms with Crippen molar-refractivity contribution in [1.29, 1.82) is 0 Å². The van der Waals surface area contributed by atoms with Gasteiger partial charge in [-0.05, 0) is 19.1 Å². The lowest BCUT2D eigenvalue weighted by molar-refractivity contribution is 1.15. The normalized spacial score (nSPS) is 14.8. The van der Waals surface area contributed by atoms with Crippen molar-refractivity contribution >= 4 is 17.4 Å². The maximum atomic E-state index is 3.36. The van der Waals surface area contributed by atoms with E-state index in [0.717, 1.165) is 0 Å². The molecule has 2 heteroatoms. The Labute approximate surface area is 106 Å². The number of fused-ring (bicyclic) bond motifs is 1. The third-order valence-corrected chi connectivity index (χ3v) is 2.63. The van der Waals surface area contributed by atoms with Crippen LogP contribution in [0.4, 0.5) is 5.69 Å². The SMILES string of the molecule is CC.CC.CC.CC1Nc2ccccc2S1. The Hall–Kier alpha value is -0.630. The summed E-state index contributed by atoms with van der Waals surface area (Å²) in [5.74, 6) is 0. The lowest BCUT2D eigenvalue weighted by Crippen LogP contribution is -2.02. The summed E-state index contributed by atoms with van der Waals surface area (Å²) in [6.07, 6.45) is 0. The van der Waals surface area contributed by atoms with Gasteiger partial charge in [-0.15, -0.1) is 0 Å². The number of nitrogens with one attached hydrogen (secondary N) is 1. The summed E-state index contributed by atoms with van der Waals surface area (Å²) in [5, 5.41) is 3.90. The Morgan fingerprint density at radius 2 is 1.44 bits per heavy atom. The third kappa shape index (κ3) is 6.06. The van der Waals surface area contributed by atoms with Crippen molar-refractivity contribution in [3.05, 3.63) is 24.3 Å². The molecule has 1 nitrogen and oxygen atoms in total. The molecule has 1 unspecified atom stereocenters. The topological polar surface area (TPSA) is 12.0 Å². The van der Waals surface area contributed by atoms with Crippen molar-refractivity contribution in [2.45, 2.75) is 58.7 Å². The largest absolute Gasteiger partial charge is 0.372 e. The van der Waals surface area contributed by atoms with E-state index < -0.39 is 0 Å². The average Bonchev–Trinajstić information content (AvgIpc) is 2.76. The van der Waals surface area contributed by atoms with Gasteiger partial charge in [-0.2, -0.15) is 0 Å². The van der Waals surface area contributed by atoms with Crippen molar-refractivity contribution in [2.24, 2.45) is 0 Å². The Morgan fingerprint density at radius 1 is 0.938 bits per heavy atom. The monoisotopic (exact) mass is 241 g/mol. The lowest BCUT2D eigenvalue weighted by atomic mass is 10.3. The van der Waals surface area contributed by atoms with E-state index in [4.69, 9.17) is 0 Å². The molecule has 94 valence electrons. The second kappa shape index (κ2) is 12.4. The Kier molecular flexibility index (Phi) is 13.8. The number of benzene rings is 1. The molecule has 0 radical (unpaired) electrons. The summed E-state index contributed by atoms with van der Waals surface area (Å²) in [5.41, 5.74) is 1.28. The van der Waals surface area contributed by atoms with E-state index in [1.165, 1.54) is 10.6 Å². The van der Waals surface area contributed by atoms with Gasteiger partial charge in [-0.3, -0.25) is 0 Å². The molecule has 0 saturated heterocycles. The highest BCUT2D eigenvalue weighted by molar-refractivity contribution is 8.00. The van der Waals surface area contributed by atoms with Gasteiger partial charge in [0.15, 0.2) is 0 Å². The molecule has 0 bridgehead atoms. The second-order valence-electron chi connectivity index (χ2n) is 2.40. The van der Waals surface area contributed by atoms with Crippen molar-refractivity contribution in [3.8, 4) is 0 Å². The number of rotatable bonds is 0. The summed E-state index contributed by atoms with van der Waals surface area (Å²) in [7, 11) is 0. The Bertz CT molecular complexity index is 223. The first-order chi connectivity index (χ1) is 7.86. The van der Waals surface area contributed by atoms with Gasteiger partial charge in [-0.1, -0.05) is 65.4 Å². The van der Waals surface area contributed by atoms with Gasteiger partial charge < -0.3 is 5.32 Å². The molecule has 1 aliphatic rings. The zero-order valence-electron chi connectivity index (χ0n) is 11.8. The quantitative estimate of drug-likeness (QED) is 0.632. The maximum Gasteiger partial charge on any atom is 0.0741 e. The van der Waals surface area contributed by atoms with Crippen LogP contribution in [0.25, 0.3) is 0 Å². The first kappa shape index (κ1) is 17.8. The van der Waals surface area contributed by atoms with Gasteiger partial charge in [0.1, 0.15) is 0 Å². The standard InChI is InChI=1S/C8H9NS.3C2H6/c1-6-9-7-4-2-3-5-8(7)10-6;3*1-2/h2-6,9H,1H3;3*1-2H3. The summed E-state index contributed by atoms with van der Waals surface area (Å²) >= 11 is 1.88. The van der Waals surface area contributed by atoms with Crippen LogP contribution in [0.5, 0.6) is 0 Å². The van der Waals surface area contributed by atoms with Crippen LogP contribution in [0.3, 0.4) is 0 Å². The van der Waals surface area contributed by atoms with Gasteiger partial charge in [0.25, 0.3) is 0 Å². The minimum Gasteiger partial charge on any atom is -0.372 e. The van der Waals surface area contributed by atoms with Crippen molar-refractivity contribution in [2.75, 3.05) is 5.32 Å². The van der Waals surface area contributed by atoms with E-state index in [2.05, 4.69) is 36.5 Å². The van der Waals surface area contributed by atoms with Crippen molar-refractivity contribution in [3.63, 3.8) is 0 Å². The van der Waals surface area contributed by atoms with Crippen LogP contribution in [-0.4, -0.2) is 5.37 Å². The van der Waals surface area contributed by atoms with Gasteiger partial charge in [-0.25, -0.2) is 0 Å². The summed E-state index contributed by atoms with van der Waals surface area (Å²) in [6, 6.07) is 8.40. The molecule has 1 aromatic rings. The van der Waals surface area contributed by atoms with Crippen LogP contribution in [0.15, 0.2) is 29.2 Å². The van der Waals surface area contributed by atoms with E-state index in [9.17, 15) is 0 Å². The lowest BCUT2D eigenvalue weighted by Gasteiger charge is -1.98. The molecular formula is C14H27NS. The van der Waals surface area contributed by atoms with Crippen LogP contribution >= 0.6 is 11.8 Å². The highest BCUT2D eigenvalue weighted by Gasteiger charge is 2.15. The molecule has 2 rings (SSSR count). The molecule has 1 aromatic carbocycles. The van der Waals surface area contributed by atoms with E-state index in [0.29, 0.717) is 5.37 Å². The molecule has 1 N–H and O–H groups in total. The fourth-order valence-electron chi connectivity index (χ4n) is 1.13. The minimum absolute atomic E-state index is 0.539. The molecule has 1 aliphatic heterocycles. The Balaban J connectivity index is 0. The number of thioether (sulfide) groups is 1. The van der Waals surface area contributed by atoms with Crippen molar-refractivity contribution in [1.82, 2.24) is 0 Å². The second-order valence-corrected chi connectivity index (χ2v) is 3.78. The molecular weight excluding hydrogens is 214 g/mol. The minimum atomic E-state index is 0.539. The van der Waals surface area contributed by atoms with Gasteiger partial charge >= 0.3 is 0 Å². The fourth-order valence-corrected chi connectivity index (χ4v) is 2.11. The number of hydrogen-bond donors (Lipinski definition) is 1. The predicted octanol–water partition coefficient (Wildman–Crippen LogP) is 5.63. The predicted molar refractivity (Wildman–Crippen MR) is 79.4 cm³/mol. The number of hydrogen-bond acceptors (Lipinski definition) is 2. The highest BCUT2D eigenvalue weighted by Crippen LogP contribution is 2.37. The van der Waals surface area contributed by atoms with Crippen LogP contribution < -0.4 is 5.32 Å². The summed E-state index contributed by atoms with van der Waals surface area (Å²) < 4.78 is 0. The first-order valence-electron chi connectivity index (χ1n) is 6.38. The van der Waals surface area contributed by atoms with E-state index in [1.54, 1.807) is 0 Å². The summed E-state index contributed by atoms with van der Waals surface area (Å²) in [4.78, 5) is 1.37. The number of para-hydroxylation sites is 1. The molecule has 0 amide bonds. The zero-order valence-corrected chi connectivity index (χ0v) is 12.6. The maximum absolute atomic E-state index is 3.36. The van der Waals surface area contributed by atoms with Crippen LogP contribution in [-0.2, 0) is 0 Å². The molecule has 1 heterocycles. The molecule has 0 aliphatic carbocycles. The third-order valence-electron chi connectivity index (χ3n) is 1.55. The molecule has 16 heavy (non-hydrogen) atoms. The molecule has 0 saturated carbocycles. The first-order valence-corrected chi connectivity index (χ1v) is 7.26. The van der Waals surface area contributed by atoms with Gasteiger partial charge in [0.05, 0.1) is 5.37 Å². The fraction of sp³-hybridized carbons (Fsp3) is 0.571. The zero-order chi connectivity index (χ0) is 13.0. The highest BCUT2D eigenvalue weighted by atomic mass is 32.2. The molecule has 0 aromatic heterocycles. The van der Waals surface area contributed by atoms with Crippen LogP contribution in [0.2, 0.25) is 0 Å². The molecule has 0 fully saturated rings. The van der Waals surface area contributed by atoms with E-state index >= 15 is 0 Å². The van der Waals surface area contributed by atoms with Gasteiger partial charge in [0, 0.05) is 10.6 Å². The van der Waals surface area contributed by atoms with Crippen LogP contribution in [0, 0.1) is 0 Å². The average molecular weight is 241 g/mol. The van der Waals surface area contributed by atoms with E-state index in [1.807, 2.05) is 53.3 Å². The summed E-state index contributed by atoms with van der Waals surface area (Å²) in [6.45, 7) is 14.2. The van der Waals surface area contributed by atoms with E-state index in [-0.39, 0.29) is 0 Å². The van der Waals surface area contributed by atoms with Crippen LogP contribution in [0.1, 0.15) is 48.5 Å². The van der Waals surface area contributed by atoms with Gasteiger partial charge in [0.2, 0.25) is 0 Å². The Morgan fingerprint density at radius 3 is 1.94 bits per heavy atom. The molecule has 1 atom stereocenters. The number of anilines is 1. The smallest absolute Gasteiger partial charge is 0.0741 e. The van der Waals surface area contributed by atoms with Crippen molar-refractivity contribution < 1.29 is 0 Å².